The number of imidazole rings is 1. The minimum Gasteiger partial charge on any atom is -0.462 e. The average Bonchev–Trinajstić information content (AvgIpc) is 2.95. The maximum atomic E-state index is 11.9. The Morgan fingerprint density at radius 2 is 2.05 bits per heavy atom. The van der Waals surface area contributed by atoms with E-state index in [1.807, 2.05) is 34.7 Å². The van der Waals surface area contributed by atoms with Gasteiger partial charge < -0.3 is 9.14 Å². The summed E-state index contributed by atoms with van der Waals surface area (Å²) in [5.41, 5.74) is 2.58. The van der Waals surface area contributed by atoms with Crippen molar-refractivity contribution in [3.8, 4) is 0 Å². The summed E-state index contributed by atoms with van der Waals surface area (Å²) >= 11 is 0. The summed E-state index contributed by atoms with van der Waals surface area (Å²) in [6.07, 6.45) is 5.93. The molecule has 2 heterocycles. The second-order valence-electron chi connectivity index (χ2n) is 4.51. The van der Waals surface area contributed by atoms with E-state index in [0.717, 1.165) is 17.5 Å². The van der Waals surface area contributed by atoms with Crippen LogP contribution < -0.4 is 0 Å². The van der Waals surface area contributed by atoms with Crippen LogP contribution in [0, 0.1) is 0 Å². The molecule has 0 aliphatic carbocycles. The van der Waals surface area contributed by atoms with Crippen molar-refractivity contribution in [2.24, 2.45) is 0 Å². The van der Waals surface area contributed by atoms with E-state index >= 15 is 0 Å². The lowest BCUT2D eigenvalue weighted by Crippen LogP contribution is -2.08. The molecule has 3 aromatic rings. The highest BCUT2D eigenvalue weighted by molar-refractivity contribution is 5.90. The molecule has 3 rings (SSSR count). The number of fused-ring (bicyclic) bond motifs is 1. The predicted molar refractivity (Wildman–Crippen MR) is 75.6 cm³/mol. The van der Waals surface area contributed by atoms with Gasteiger partial charge in [-0.1, -0.05) is 30.3 Å². The Morgan fingerprint density at radius 1 is 1.20 bits per heavy atom. The third-order valence-electron chi connectivity index (χ3n) is 3.12. The summed E-state index contributed by atoms with van der Waals surface area (Å²) in [7, 11) is 0. The quantitative estimate of drug-likeness (QED) is 0.682. The van der Waals surface area contributed by atoms with Crippen molar-refractivity contribution in [2.75, 3.05) is 6.61 Å². The van der Waals surface area contributed by atoms with E-state index in [-0.39, 0.29) is 5.97 Å². The fourth-order valence-corrected chi connectivity index (χ4v) is 2.04. The number of nitrogens with zero attached hydrogens (tertiary/aromatic N) is 2. The van der Waals surface area contributed by atoms with Gasteiger partial charge in [0.15, 0.2) is 0 Å². The largest absolute Gasteiger partial charge is 0.462 e. The van der Waals surface area contributed by atoms with Gasteiger partial charge in [-0.15, -0.1) is 0 Å². The Hall–Kier alpha value is -2.62. The van der Waals surface area contributed by atoms with Gasteiger partial charge in [-0.3, -0.25) is 0 Å². The van der Waals surface area contributed by atoms with Gasteiger partial charge in [0.1, 0.15) is 0 Å². The van der Waals surface area contributed by atoms with Crippen molar-refractivity contribution in [1.29, 1.82) is 0 Å². The molecule has 0 fully saturated rings. The van der Waals surface area contributed by atoms with Gasteiger partial charge in [-0.05, 0) is 17.7 Å². The zero-order valence-corrected chi connectivity index (χ0v) is 10.9. The van der Waals surface area contributed by atoms with Crippen molar-refractivity contribution < 1.29 is 9.53 Å². The van der Waals surface area contributed by atoms with Crippen LogP contribution in [0.3, 0.4) is 0 Å². The summed E-state index contributed by atoms with van der Waals surface area (Å²) in [5.74, 6) is -0.301. The van der Waals surface area contributed by atoms with E-state index in [1.54, 1.807) is 30.9 Å². The van der Waals surface area contributed by atoms with Crippen LogP contribution in [0.4, 0.5) is 0 Å². The zero-order valence-electron chi connectivity index (χ0n) is 10.9. The number of aromatic nitrogens is 2. The Morgan fingerprint density at radius 3 is 2.90 bits per heavy atom. The second kappa shape index (κ2) is 5.57. The fourth-order valence-electron chi connectivity index (χ4n) is 2.04. The maximum Gasteiger partial charge on any atom is 0.338 e. The van der Waals surface area contributed by atoms with Crippen LogP contribution in [-0.4, -0.2) is 22.0 Å². The number of rotatable bonds is 4. The van der Waals surface area contributed by atoms with Crippen LogP contribution in [0.25, 0.3) is 5.52 Å². The highest BCUT2D eigenvalue weighted by Gasteiger charge is 2.08. The zero-order chi connectivity index (χ0) is 13.8. The van der Waals surface area contributed by atoms with E-state index in [9.17, 15) is 4.79 Å². The first-order valence-corrected chi connectivity index (χ1v) is 6.46. The predicted octanol–water partition coefficient (Wildman–Crippen LogP) is 2.73. The van der Waals surface area contributed by atoms with Crippen LogP contribution in [-0.2, 0) is 11.2 Å². The monoisotopic (exact) mass is 266 g/mol. The lowest BCUT2D eigenvalue weighted by Gasteiger charge is -2.05. The van der Waals surface area contributed by atoms with Crippen molar-refractivity contribution >= 4 is 11.5 Å². The number of ether oxygens (including phenoxy) is 1. The maximum absolute atomic E-state index is 11.9. The normalized spacial score (nSPS) is 10.6. The summed E-state index contributed by atoms with van der Waals surface area (Å²) in [5, 5.41) is 0. The van der Waals surface area contributed by atoms with Gasteiger partial charge in [0, 0.05) is 12.6 Å². The van der Waals surface area contributed by atoms with Gasteiger partial charge in [-0.2, -0.15) is 0 Å². The average molecular weight is 266 g/mol. The molecule has 0 aliphatic rings. The smallest absolute Gasteiger partial charge is 0.338 e. The number of pyridine rings is 1. The Bertz CT molecular complexity index is 719. The number of esters is 1. The summed E-state index contributed by atoms with van der Waals surface area (Å²) < 4.78 is 7.14. The Balaban J connectivity index is 1.61. The van der Waals surface area contributed by atoms with Crippen molar-refractivity contribution in [3.63, 3.8) is 0 Å². The lowest BCUT2D eigenvalue weighted by atomic mass is 10.2. The van der Waals surface area contributed by atoms with Crippen LogP contribution in [0.15, 0.2) is 61.2 Å². The summed E-state index contributed by atoms with van der Waals surface area (Å²) in [6, 6.07) is 13.5. The summed E-state index contributed by atoms with van der Waals surface area (Å²) in [6.45, 7) is 0.382. The highest BCUT2D eigenvalue weighted by Crippen LogP contribution is 2.08. The first kappa shape index (κ1) is 12.4. The highest BCUT2D eigenvalue weighted by atomic mass is 16.5. The molecule has 0 amide bonds. The van der Waals surface area contributed by atoms with Crippen LogP contribution >= 0.6 is 0 Å². The van der Waals surface area contributed by atoms with E-state index < -0.39 is 0 Å². The molecule has 0 aliphatic heterocycles. The first-order valence-electron chi connectivity index (χ1n) is 6.46. The van der Waals surface area contributed by atoms with E-state index in [4.69, 9.17) is 4.74 Å². The van der Waals surface area contributed by atoms with Gasteiger partial charge >= 0.3 is 5.97 Å². The van der Waals surface area contributed by atoms with Crippen molar-refractivity contribution in [1.82, 2.24) is 9.38 Å². The molecule has 0 saturated heterocycles. The minimum atomic E-state index is -0.301. The number of carbonyl (C=O) groups excluding carboxylic acids is 1. The number of benzene rings is 1. The topological polar surface area (TPSA) is 43.6 Å². The molecule has 4 nitrogen and oxygen atoms in total. The van der Waals surface area contributed by atoms with Crippen LogP contribution in [0.2, 0.25) is 0 Å². The molecule has 0 unspecified atom stereocenters. The molecule has 0 radical (unpaired) electrons. The van der Waals surface area contributed by atoms with Gasteiger partial charge in [0.2, 0.25) is 0 Å². The third-order valence-corrected chi connectivity index (χ3v) is 3.12. The Kier molecular flexibility index (Phi) is 3.46. The van der Waals surface area contributed by atoms with Crippen molar-refractivity contribution in [2.45, 2.75) is 6.42 Å². The fraction of sp³-hybridized carbons (Fsp3) is 0.125. The molecular weight excluding hydrogens is 252 g/mol. The van der Waals surface area contributed by atoms with Crippen LogP contribution in [0.5, 0.6) is 0 Å². The molecule has 1 aromatic carbocycles. The lowest BCUT2D eigenvalue weighted by molar-refractivity contribution is 0.0509. The number of hydrogen-bond donors (Lipinski definition) is 0. The molecule has 100 valence electrons. The SMILES string of the molecule is O=C(OCCc1ccccc1)c1ccn2cncc2c1. The number of carbonyl (C=O) groups is 1. The van der Waals surface area contributed by atoms with E-state index in [0.29, 0.717) is 12.2 Å². The molecule has 0 N–H and O–H groups in total. The minimum absolute atomic E-state index is 0.301. The Labute approximate surface area is 116 Å². The third kappa shape index (κ3) is 2.69. The van der Waals surface area contributed by atoms with Gasteiger partial charge in [-0.25, -0.2) is 9.78 Å². The first-order chi connectivity index (χ1) is 9.83. The summed E-state index contributed by atoms with van der Waals surface area (Å²) in [4.78, 5) is 16.0. The van der Waals surface area contributed by atoms with Crippen molar-refractivity contribution in [3.05, 3.63) is 72.3 Å². The molecule has 0 atom stereocenters. The molecular formula is C16H14N2O2. The van der Waals surface area contributed by atoms with E-state index in [2.05, 4.69) is 4.98 Å². The van der Waals surface area contributed by atoms with Gasteiger partial charge in [0.05, 0.1) is 30.2 Å². The molecule has 2 aromatic heterocycles. The molecule has 0 saturated carbocycles. The molecule has 0 spiro atoms. The molecule has 4 heteroatoms. The van der Waals surface area contributed by atoms with E-state index in [1.165, 1.54) is 0 Å². The van der Waals surface area contributed by atoms with Crippen LogP contribution in [0.1, 0.15) is 15.9 Å². The number of hydrogen-bond acceptors (Lipinski definition) is 3. The molecule has 0 bridgehead atoms. The molecule has 20 heavy (non-hydrogen) atoms. The van der Waals surface area contributed by atoms with Gasteiger partial charge in [0.25, 0.3) is 0 Å². The standard InChI is InChI=1S/C16H14N2O2/c19-16(20-9-7-13-4-2-1-3-5-13)14-6-8-18-12-17-11-15(18)10-14/h1-6,8,10-12H,7,9H2. The second-order valence-corrected chi connectivity index (χ2v) is 4.51.